The van der Waals surface area contributed by atoms with Gasteiger partial charge >= 0.3 is 0 Å². The fourth-order valence-corrected chi connectivity index (χ4v) is 2.86. The highest BCUT2D eigenvalue weighted by molar-refractivity contribution is 6.30. The van der Waals surface area contributed by atoms with Crippen LogP contribution in [-0.2, 0) is 4.79 Å². The maximum Gasteiger partial charge on any atom is 0.241 e. The maximum absolute atomic E-state index is 12.4. The highest BCUT2D eigenvalue weighted by Crippen LogP contribution is 2.29. The number of ether oxygens (including phenoxy) is 1. The van der Waals surface area contributed by atoms with Gasteiger partial charge in [-0.2, -0.15) is 0 Å². The molecule has 1 saturated heterocycles. The van der Waals surface area contributed by atoms with E-state index < -0.39 is 0 Å². The number of benzene rings is 1. The minimum absolute atomic E-state index is 0. The van der Waals surface area contributed by atoms with Gasteiger partial charge < -0.3 is 20.7 Å². The van der Waals surface area contributed by atoms with Crippen LogP contribution in [0.2, 0.25) is 5.02 Å². The zero-order valence-corrected chi connectivity index (χ0v) is 16.6. The van der Waals surface area contributed by atoms with Crippen molar-refractivity contribution in [2.24, 2.45) is 11.1 Å². The molecule has 1 unspecified atom stereocenters. The Kier molecular flexibility index (Phi) is 9.21. The molecule has 1 heterocycles. The van der Waals surface area contributed by atoms with Crippen LogP contribution in [0.4, 0.5) is 5.69 Å². The number of nitrogens with zero attached hydrogens (tertiary/aromatic N) is 1. The van der Waals surface area contributed by atoms with Crippen LogP contribution in [-0.4, -0.2) is 43.6 Å². The number of nitrogens with two attached hydrogens (primary N) is 1. The number of carbonyl (C=O) groups is 1. The van der Waals surface area contributed by atoms with Crippen LogP contribution in [0.1, 0.15) is 20.3 Å². The van der Waals surface area contributed by atoms with Crippen molar-refractivity contribution in [2.75, 3.05) is 32.1 Å². The Morgan fingerprint density at radius 1 is 1.46 bits per heavy atom. The molecule has 1 aromatic rings. The second-order valence-electron chi connectivity index (χ2n) is 6.40. The molecule has 0 bridgehead atoms. The summed E-state index contributed by atoms with van der Waals surface area (Å²) in [6.45, 7) is 5.80. The largest absolute Gasteiger partial charge is 0.495 e. The number of nitrogens with one attached hydrogen (secondary N) is 1. The van der Waals surface area contributed by atoms with Crippen molar-refractivity contribution in [1.82, 2.24) is 4.90 Å². The summed E-state index contributed by atoms with van der Waals surface area (Å²) in [5.41, 5.74) is 6.77. The molecule has 0 saturated carbocycles. The monoisotopic (exact) mass is 397 g/mol. The third-order valence-electron chi connectivity index (χ3n) is 4.26. The minimum atomic E-state index is -0.0539. The summed E-state index contributed by atoms with van der Waals surface area (Å²) in [5.74, 6) is 0.722. The molecular formula is C16H26Cl3N3O2. The molecule has 1 amide bonds. The topological polar surface area (TPSA) is 67.6 Å². The molecule has 8 heteroatoms. The summed E-state index contributed by atoms with van der Waals surface area (Å²) in [5, 5.41) is 3.71. The smallest absolute Gasteiger partial charge is 0.241 e. The van der Waals surface area contributed by atoms with Crippen molar-refractivity contribution >= 4 is 48.0 Å². The molecule has 24 heavy (non-hydrogen) atoms. The summed E-state index contributed by atoms with van der Waals surface area (Å²) in [6, 6.07) is 5.42. The van der Waals surface area contributed by atoms with E-state index in [1.807, 2.05) is 4.90 Å². The fraction of sp³-hybridized carbons (Fsp3) is 0.562. The first kappa shape index (κ1) is 23.1. The van der Waals surface area contributed by atoms with Gasteiger partial charge in [-0.3, -0.25) is 4.79 Å². The number of anilines is 1. The van der Waals surface area contributed by atoms with Gasteiger partial charge in [0.15, 0.2) is 0 Å². The van der Waals surface area contributed by atoms with Crippen LogP contribution >= 0.6 is 36.4 Å². The number of likely N-dealkylation sites (tertiary alicyclic amines) is 1. The van der Waals surface area contributed by atoms with Crippen molar-refractivity contribution < 1.29 is 9.53 Å². The van der Waals surface area contributed by atoms with E-state index in [0.717, 1.165) is 12.1 Å². The van der Waals surface area contributed by atoms with Crippen LogP contribution < -0.4 is 15.8 Å². The highest BCUT2D eigenvalue weighted by Gasteiger charge is 2.35. The number of halogens is 3. The summed E-state index contributed by atoms with van der Waals surface area (Å²) >= 11 is 5.99. The first-order valence-electron chi connectivity index (χ1n) is 7.44. The van der Waals surface area contributed by atoms with E-state index in [1.165, 1.54) is 0 Å². The minimum Gasteiger partial charge on any atom is -0.495 e. The normalized spacial score (nSPS) is 18.9. The average molecular weight is 399 g/mol. The molecule has 0 aliphatic carbocycles. The molecular weight excluding hydrogens is 373 g/mol. The van der Waals surface area contributed by atoms with Gasteiger partial charge in [0.2, 0.25) is 5.91 Å². The Balaban J connectivity index is 0.00000264. The average Bonchev–Trinajstić information content (AvgIpc) is 2.47. The maximum atomic E-state index is 12.4. The summed E-state index contributed by atoms with van der Waals surface area (Å²) < 4.78 is 5.26. The van der Waals surface area contributed by atoms with Crippen LogP contribution in [0.3, 0.4) is 0 Å². The second kappa shape index (κ2) is 9.56. The van der Waals surface area contributed by atoms with E-state index in [4.69, 9.17) is 22.1 Å². The highest BCUT2D eigenvalue weighted by atomic mass is 35.5. The zero-order valence-electron chi connectivity index (χ0n) is 14.2. The van der Waals surface area contributed by atoms with E-state index in [2.05, 4.69) is 19.2 Å². The molecule has 1 aliphatic rings. The van der Waals surface area contributed by atoms with Crippen LogP contribution in [0.15, 0.2) is 18.2 Å². The molecule has 3 N–H and O–H groups in total. The summed E-state index contributed by atoms with van der Waals surface area (Å²) in [4.78, 5) is 14.3. The first-order valence-corrected chi connectivity index (χ1v) is 7.82. The SMILES string of the molecule is COc1ccc(Cl)cc1NCC(=O)N1CCC(N)C(C)(C)C1.Cl.Cl. The van der Waals surface area contributed by atoms with Gasteiger partial charge in [-0.05, 0) is 30.0 Å². The van der Waals surface area contributed by atoms with Gasteiger partial charge in [0.05, 0.1) is 19.3 Å². The molecule has 1 aromatic carbocycles. The number of amides is 1. The van der Waals surface area contributed by atoms with Gasteiger partial charge in [-0.25, -0.2) is 0 Å². The van der Waals surface area contributed by atoms with E-state index in [-0.39, 0.29) is 48.7 Å². The first-order chi connectivity index (χ1) is 10.3. The zero-order chi connectivity index (χ0) is 16.3. The van der Waals surface area contributed by atoms with Crippen LogP contribution in [0.5, 0.6) is 5.75 Å². The van der Waals surface area contributed by atoms with E-state index in [1.54, 1.807) is 25.3 Å². The van der Waals surface area contributed by atoms with Crippen molar-refractivity contribution in [3.63, 3.8) is 0 Å². The standard InChI is InChI=1S/C16H24ClN3O2.2ClH/c1-16(2)10-20(7-6-14(16)18)15(21)9-19-12-8-11(17)4-5-13(12)22-3;;/h4-5,8,14,19H,6-7,9-10,18H2,1-3H3;2*1H. The lowest BCUT2D eigenvalue weighted by atomic mass is 9.79. The third-order valence-corrected chi connectivity index (χ3v) is 4.49. The number of methoxy groups -OCH3 is 1. The Morgan fingerprint density at radius 2 is 2.12 bits per heavy atom. The number of carbonyl (C=O) groups excluding carboxylic acids is 1. The number of hydrogen-bond acceptors (Lipinski definition) is 4. The number of rotatable bonds is 4. The lowest BCUT2D eigenvalue weighted by molar-refractivity contribution is -0.132. The van der Waals surface area contributed by atoms with Crippen molar-refractivity contribution in [2.45, 2.75) is 26.3 Å². The van der Waals surface area contributed by atoms with Gasteiger partial charge in [0.1, 0.15) is 5.75 Å². The Hall–Kier alpha value is -0.880. The molecule has 0 spiro atoms. The predicted octanol–water partition coefficient (Wildman–Crippen LogP) is 3.19. The van der Waals surface area contributed by atoms with E-state index in [0.29, 0.717) is 23.9 Å². The molecule has 1 fully saturated rings. The van der Waals surface area contributed by atoms with Gasteiger partial charge in [0, 0.05) is 24.2 Å². The lowest BCUT2D eigenvalue weighted by Gasteiger charge is -2.42. The van der Waals surface area contributed by atoms with Crippen molar-refractivity contribution in [3.8, 4) is 5.75 Å². The molecule has 138 valence electrons. The fourth-order valence-electron chi connectivity index (χ4n) is 2.69. The molecule has 0 radical (unpaired) electrons. The van der Waals surface area contributed by atoms with E-state index in [9.17, 15) is 4.79 Å². The lowest BCUT2D eigenvalue weighted by Crippen LogP contribution is -2.54. The Labute approximate surface area is 161 Å². The number of hydrogen-bond donors (Lipinski definition) is 2. The predicted molar refractivity (Wildman–Crippen MR) is 104 cm³/mol. The quantitative estimate of drug-likeness (QED) is 0.817. The Bertz CT molecular complexity index is 555. The summed E-state index contributed by atoms with van der Waals surface area (Å²) in [7, 11) is 1.59. The summed E-state index contributed by atoms with van der Waals surface area (Å²) in [6.07, 6.45) is 0.833. The van der Waals surface area contributed by atoms with Crippen molar-refractivity contribution in [3.05, 3.63) is 23.2 Å². The number of piperidine rings is 1. The van der Waals surface area contributed by atoms with Crippen molar-refractivity contribution in [1.29, 1.82) is 0 Å². The van der Waals surface area contributed by atoms with Crippen LogP contribution in [0.25, 0.3) is 0 Å². The van der Waals surface area contributed by atoms with Crippen LogP contribution in [0, 0.1) is 5.41 Å². The molecule has 1 atom stereocenters. The molecule has 1 aliphatic heterocycles. The molecule has 2 rings (SSSR count). The Morgan fingerprint density at radius 3 is 2.71 bits per heavy atom. The van der Waals surface area contributed by atoms with Gasteiger partial charge in [0.25, 0.3) is 0 Å². The van der Waals surface area contributed by atoms with E-state index >= 15 is 0 Å². The molecule has 5 nitrogen and oxygen atoms in total. The third kappa shape index (κ3) is 5.59. The van der Waals surface area contributed by atoms with Gasteiger partial charge in [-0.15, -0.1) is 24.8 Å². The second-order valence-corrected chi connectivity index (χ2v) is 6.83. The molecule has 0 aromatic heterocycles. The van der Waals surface area contributed by atoms with Gasteiger partial charge in [-0.1, -0.05) is 25.4 Å².